The van der Waals surface area contributed by atoms with Crippen LogP contribution in [0.3, 0.4) is 0 Å². The van der Waals surface area contributed by atoms with Crippen molar-refractivity contribution in [2.24, 2.45) is 0 Å². The highest BCUT2D eigenvalue weighted by Crippen LogP contribution is 2.39. The number of nitrogens with two attached hydrogens (primary N) is 1. The van der Waals surface area contributed by atoms with Crippen LogP contribution in [0.1, 0.15) is 0 Å². The molecule has 0 fully saturated rings. The molecule has 20 heavy (non-hydrogen) atoms. The van der Waals surface area contributed by atoms with Crippen LogP contribution in [0, 0.1) is 5.82 Å². The van der Waals surface area contributed by atoms with Crippen LogP contribution in [0.15, 0.2) is 47.2 Å². The lowest BCUT2D eigenvalue weighted by atomic mass is 10.0. The Hall–Kier alpha value is -2.40. The van der Waals surface area contributed by atoms with Gasteiger partial charge in [-0.05, 0) is 12.1 Å². The molecule has 0 aliphatic rings. The summed E-state index contributed by atoms with van der Waals surface area (Å²) in [7, 11) is 0. The minimum atomic E-state index is -0.464. The van der Waals surface area contributed by atoms with Crippen molar-refractivity contribution >= 4 is 17.5 Å². The zero-order valence-corrected chi connectivity index (χ0v) is 10.9. The second kappa shape index (κ2) is 4.94. The highest BCUT2D eigenvalue weighted by molar-refractivity contribution is 6.33. The van der Waals surface area contributed by atoms with Crippen molar-refractivity contribution in [1.82, 2.24) is 10.1 Å². The normalized spacial score (nSPS) is 10.7. The van der Waals surface area contributed by atoms with E-state index in [2.05, 4.69) is 10.1 Å². The summed E-state index contributed by atoms with van der Waals surface area (Å²) in [5.41, 5.74) is 7.90. The minimum absolute atomic E-state index is 0.123. The smallest absolute Gasteiger partial charge is 0.230 e. The SMILES string of the molecule is Nc1onc(-c2cncc(F)c2)c1-c1ccccc1Cl. The Balaban J connectivity index is 2.23. The van der Waals surface area contributed by atoms with Crippen LogP contribution in [0.4, 0.5) is 10.3 Å². The summed E-state index contributed by atoms with van der Waals surface area (Å²) in [4.78, 5) is 3.80. The van der Waals surface area contributed by atoms with E-state index in [1.165, 1.54) is 12.3 Å². The van der Waals surface area contributed by atoms with Gasteiger partial charge in [0, 0.05) is 22.3 Å². The molecule has 0 atom stereocenters. The topological polar surface area (TPSA) is 64.9 Å². The molecule has 100 valence electrons. The van der Waals surface area contributed by atoms with Gasteiger partial charge >= 0.3 is 0 Å². The maximum Gasteiger partial charge on any atom is 0.230 e. The first kappa shape index (κ1) is 12.6. The second-order valence-corrected chi connectivity index (χ2v) is 4.55. The Labute approximate surface area is 119 Å². The number of pyridine rings is 1. The van der Waals surface area contributed by atoms with Gasteiger partial charge in [0.05, 0.1) is 11.8 Å². The van der Waals surface area contributed by atoms with Gasteiger partial charge in [0.25, 0.3) is 0 Å². The second-order valence-electron chi connectivity index (χ2n) is 4.14. The standard InChI is InChI=1S/C14H9ClFN3O/c15-11-4-2-1-3-10(11)12-13(19-20-14(12)17)8-5-9(16)7-18-6-8/h1-7H,17H2. The summed E-state index contributed by atoms with van der Waals surface area (Å²) >= 11 is 6.16. The van der Waals surface area contributed by atoms with Gasteiger partial charge in [-0.1, -0.05) is 35.0 Å². The number of nitrogen functional groups attached to an aromatic ring is 1. The zero-order valence-electron chi connectivity index (χ0n) is 10.2. The molecular formula is C14H9ClFN3O. The molecule has 6 heteroatoms. The number of halogens is 2. The molecule has 1 aromatic carbocycles. The Morgan fingerprint density at radius 3 is 2.75 bits per heavy atom. The van der Waals surface area contributed by atoms with E-state index in [0.29, 0.717) is 27.4 Å². The van der Waals surface area contributed by atoms with Crippen molar-refractivity contribution in [3.63, 3.8) is 0 Å². The summed E-state index contributed by atoms with van der Waals surface area (Å²) in [6.45, 7) is 0. The lowest BCUT2D eigenvalue weighted by molar-refractivity contribution is 0.439. The van der Waals surface area contributed by atoms with Crippen LogP contribution in [0.25, 0.3) is 22.4 Å². The van der Waals surface area contributed by atoms with Crippen molar-refractivity contribution in [2.45, 2.75) is 0 Å². The van der Waals surface area contributed by atoms with Crippen molar-refractivity contribution in [3.8, 4) is 22.4 Å². The Bertz CT molecular complexity index is 773. The van der Waals surface area contributed by atoms with Crippen LogP contribution in [0.5, 0.6) is 0 Å². The molecule has 0 bridgehead atoms. The molecule has 3 rings (SSSR count). The number of aromatic nitrogens is 2. The average Bonchev–Trinajstić information content (AvgIpc) is 2.81. The van der Waals surface area contributed by atoms with Gasteiger partial charge in [-0.25, -0.2) is 4.39 Å². The number of rotatable bonds is 2. The monoisotopic (exact) mass is 289 g/mol. The van der Waals surface area contributed by atoms with E-state index in [4.69, 9.17) is 21.9 Å². The van der Waals surface area contributed by atoms with Gasteiger partial charge in [0.1, 0.15) is 11.5 Å². The molecule has 4 nitrogen and oxygen atoms in total. The van der Waals surface area contributed by atoms with Gasteiger partial charge < -0.3 is 10.3 Å². The first-order chi connectivity index (χ1) is 9.66. The first-order valence-electron chi connectivity index (χ1n) is 5.78. The molecule has 2 aromatic heterocycles. The maximum atomic E-state index is 13.3. The van der Waals surface area contributed by atoms with E-state index in [-0.39, 0.29) is 5.88 Å². The lowest BCUT2D eigenvalue weighted by Gasteiger charge is -2.04. The first-order valence-corrected chi connectivity index (χ1v) is 6.15. The number of hydrogen-bond donors (Lipinski definition) is 1. The number of hydrogen-bond acceptors (Lipinski definition) is 4. The van der Waals surface area contributed by atoms with E-state index >= 15 is 0 Å². The third-order valence-corrected chi connectivity index (χ3v) is 3.17. The van der Waals surface area contributed by atoms with E-state index in [1.54, 1.807) is 18.2 Å². The highest BCUT2D eigenvalue weighted by Gasteiger charge is 2.19. The van der Waals surface area contributed by atoms with Crippen LogP contribution in [-0.4, -0.2) is 10.1 Å². The van der Waals surface area contributed by atoms with E-state index in [0.717, 1.165) is 6.20 Å². The molecule has 0 saturated heterocycles. The molecule has 0 aliphatic carbocycles. The number of benzene rings is 1. The molecule has 2 heterocycles. The third kappa shape index (κ3) is 2.12. The summed E-state index contributed by atoms with van der Waals surface area (Å²) in [6, 6.07) is 8.46. The van der Waals surface area contributed by atoms with Crippen LogP contribution >= 0.6 is 11.6 Å². The molecule has 0 unspecified atom stereocenters. The van der Waals surface area contributed by atoms with Crippen LogP contribution < -0.4 is 5.73 Å². The summed E-state index contributed by atoms with van der Waals surface area (Å²) < 4.78 is 18.3. The van der Waals surface area contributed by atoms with E-state index < -0.39 is 5.82 Å². The molecule has 0 radical (unpaired) electrons. The molecule has 0 amide bonds. The van der Waals surface area contributed by atoms with Crippen LogP contribution in [0.2, 0.25) is 5.02 Å². The molecule has 2 N–H and O–H groups in total. The van der Waals surface area contributed by atoms with Crippen molar-refractivity contribution < 1.29 is 8.91 Å². The van der Waals surface area contributed by atoms with E-state index in [1.807, 2.05) is 6.07 Å². The Morgan fingerprint density at radius 1 is 1.20 bits per heavy atom. The summed E-state index contributed by atoms with van der Waals surface area (Å²) in [5, 5.41) is 4.39. The summed E-state index contributed by atoms with van der Waals surface area (Å²) in [5.74, 6) is -0.341. The fraction of sp³-hybridized carbons (Fsp3) is 0. The summed E-state index contributed by atoms with van der Waals surface area (Å²) in [6.07, 6.45) is 2.60. The predicted molar refractivity (Wildman–Crippen MR) is 74.6 cm³/mol. The largest absolute Gasteiger partial charge is 0.367 e. The van der Waals surface area contributed by atoms with Crippen molar-refractivity contribution in [2.75, 3.05) is 5.73 Å². The van der Waals surface area contributed by atoms with Crippen LogP contribution in [-0.2, 0) is 0 Å². The van der Waals surface area contributed by atoms with Gasteiger partial charge in [0.2, 0.25) is 5.88 Å². The third-order valence-electron chi connectivity index (χ3n) is 2.84. The Morgan fingerprint density at radius 2 is 2.00 bits per heavy atom. The van der Waals surface area contributed by atoms with Crippen molar-refractivity contribution in [3.05, 3.63) is 53.6 Å². The minimum Gasteiger partial charge on any atom is -0.367 e. The fourth-order valence-corrected chi connectivity index (χ4v) is 2.20. The maximum absolute atomic E-state index is 13.3. The highest BCUT2D eigenvalue weighted by atomic mass is 35.5. The Kier molecular flexibility index (Phi) is 3.12. The van der Waals surface area contributed by atoms with Gasteiger partial charge in [0.15, 0.2) is 0 Å². The van der Waals surface area contributed by atoms with Gasteiger partial charge in [-0.15, -0.1) is 0 Å². The van der Waals surface area contributed by atoms with Gasteiger partial charge in [-0.2, -0.15) is 0 Å². The number of nitrogens with zero attached hydrogens (tertiary/aromatic N) is 2. The van der Waals surface area contributed by atoms with E-state index in [9.17, 15) is 4.39 Å². The van der Waals surface area contributed by atoms with Crippen molar-refractivity contribution in [1.29, 1.82) is 0 Å². The molecule has 0 spiro atoms. The molecule has 3 aromatic rings. The molecule has 0 aliphatic heterocycles. The zero-order chi connectivity index (χ0) is 14.1. The van der Waals surface area contributed by atoms with Gasteiger partial charge in [-0.3, -0.25) is 4.98 Å². The predicted octanol–water partition coefficient (Wildman–Crippen LogP) is 3.78. The lowest BCUT2D eigenvalue weighted by Crippen LogP contribution is -1.90. The quantitative estimate of drug-likeness (QED) is 0.780. The molecular weight excluding hydrogens is 281 g/mol. The average molecular weight is 290 g/mol. The molecule has 0 saturated carbocycles. The number of anilines is 1. The fourth-order valence-electron chi connectivity index (χ4n) is 1.97.